The maximum absolute atomic E-state index is 5.48. The van der Waals surface area contributed by atoms with E-state index < -0.39 is 0 Å². The fourth-order valence-corrected chi connectivity index (χ4v) is 1.33. The van der Waals surface area contributed by atoms with Gasteiger partial charge in [-0.15, -0.1) is 0 Å². The Bertz CT molecular complexity index is 81.6. The van der Waals surface area contributed by atoms with Gasteiger partial charge in [0.2, 0.25) is 0 Å². The van der Waals surface area contributed by atoms with Crippen molar-refractivity contribution in [2.24, 2.45) is 17.4 Å². The third-order valence-electron chi connectivity index (χ3n) is 1.98. The van der Waals surface area contributed by atoms with Crippen molar-refractivity contribution in [2.45, 2.75) is 52.1 Å². The molecule has 0 amide bonds. The fraction of sp³-hybridized carbons (Fsp3) is 1.00. The maximum Gasteiger partial charge on any atom is 0.0523 e. The molecule has 0 saturated heterocycles. The van der Waals surface area contributed by atoms with Crippen molar-refractivity contribution in [3.8, 4) is 0 Å². The first-order valence-corrected chi connectivity index (χ1v) is 4.68. The maximum atomic E-state index is 5.48. The van der Waals surface area contributed by atoms with E-state index in [4.69, 9.17) is 11.5 Å². The first-order valence-electron chi connectivity index (χ1n) is 4.68. The van der Waals surface area contributed by atoms with Crippen molar-refractivity contribution >= 4 is 0 Å². The van der Waals surface area contributed by atoms with Crippen LogP contribution in [0.3, 0.4) is 0 Å². The number of unbranched alkanes of at least 4 members (excludes halogenated alkanes) is 2. The van der Waals surface area contributed by atoms with E-state index in [-0.39, 0.29) is 6.17 Å². The van der Waals surface area contributed by atoms with Crippen LogP contribution >= 0.6 is 0 Å². The van der Waals surface area contributed by atoms with E-state index in [1.807, 2.05) is 0 Å². The highest BCUT2D eigenvalue weighted by Crippen LogP contribution is 2.12. The van der Waals surface area contributed by atoms with Gasteiger partial charge in [0.05, 0.1) is 6.17 Å². The first kappa shape index (κ1) is 10.9. The van der Waals surface area contributed by atoms with Crippen LogP contribution in [0.25, 0.3) is 0 Å². The Morgan fingerprint density at radius 1 is 1.18 bits per heavy atom. The van der Waals surface area contributed by atoms with Crippen molar-refractivity contribution in [3.63, 3.8) is 0 Å². The zero-order chi connectivity index (χ0) is 8.69. The lowest BCUT2D eigenvalue weighted by atomic mass is 9.99. The van der Waals surface area contributed by atoms with E-state index >= 15 is 0 Å². The van der Waals surface area contributed by atoms with E-state index in [9.17, 15) is 0 Å². The molecule has 0 aromatic rings. The van der Waals surface area contributed by atoms with E-state index in [1.54, 1.807) is 0 Å². The van der Waals surface area contributed by atoms with E-state index in [0.717, 1.165) is 6.42 Å². The fourth-order valence-electron chi connectivity index (χ4n) is 1.33. The second-order valence-electron chi connectivity index (χ2n) is 3.50. The van der Waals surface area contributed by atoms with E-state index in [2.05, 4.69) is 13.8 Å². The third kappa shape index (κ3) is 7.82. The van der Waals surface area contributed by atoms with Gasteiger partial charge in [0.25, 0.3) is 0 Å². The Labute approximate surface area is 70.3 Å². The summed E-state index contributed by atoms with van der Waals surface area (Å²) >= 11 is 0. The molecule has 0 fully saturated rings. The lowest BCUT2D eigenvalue weighted by molar-refractivity contribution is 0.425. The molecular formula is C9H22N2. The van der Waals surface area contributed by atoms with Crippen molar-refractivity contribution in [1.82, 2.24) is 0 Å². The number of hydrogen-bond donors (Lipinski definition) is 2. The minimum atomic E-state index is -0.119. The Balaban J connectivity index is 3.15. The lowest BCUT2D eigenvalue weighted by Gasteiger charge is -2.12. The Morgan fingerprint density at radius 2 is 1.82 bits per heavy atom. The molecule has 0 aromatic heterocycles. The highest BCUT2D eigenvalue weighted by atomic mass is 14.8. The number of rotatable bonds is 6. The summed E-state index contributed by atoms with van der Waals surface area (Å²) in [4.78, 5) is 0. The highest BCUT2D eigenvalue weighted by Gasteiger charge is 2.04. The molecule has 2 nitrogen and oxygen atoms in total. The summed E-state index contributed by atoms with van der Waals surface area (Å²) in [5.74, 6) is 0.696. The van der Waals surface area contributed by atoms with E-state index in [0.29, 0.717) is 5.92 Å². The average Bonchev–Trinajstić information content (AvgIpc) is 1.86. The molecule has 0 bridgehead atoms. The topological polar surface area (TPSA) is 52.0 Å². The normalized spacial score (nSPS) is 13.9. The first-order chi connectivity index (χ1) is 5.16. The van der Waals surface area contributed by atoms with Crippen molar-refractivity contribution in [3.05, 3.63) is 0 Å². The summed E-state index contributed by atoms with van der Waals surface area (Å²) in [5.41, 5.74) is 11.0. The minimum Gasteiger partial charge on any atom is -0.316 e. The molecule has 0 aliphatic carbocycles. The SMILES string of the molecule is CCCCCC(C)CC(N)N. The average molecular weight is 158 g/mol. The van der Waals surface area contributed by atoms with Gasteiger partial charge in [-0.1, -0.05) is 39.5 Å². The molecule has 1 atom stereocenters. The van der Waals surface area contributed by atoms with Crippen LogP contribution < -0.4 is 11.5 Å². The zero-order valence-electron chi connectivity index (χ0n) is 7.84. The third-order valence-corrected chi connectivity index (χ3v) is 1.98. The smallest absolute Gasteiger partial charge is 0.0523 e. The second kappa shape index (κ2) is 6.62. The van der Waals surface area contributed by atoms with Crippen LogP contribution in [-0.4, -0.2) is 6.17 Å². The summed E-state index contributed by atoms with van der Waals surface area (Å²) < 4.78 is 0. The predicted octanol–water partition coefficient (Wildman–Crippen LogP) is 1.84. The zero-order valence-corrected chi connectivity index (χ0v) is 7.84. The molecule has 0 heterocycles. The van der Waals surface area contributed by atoms with Crippen LogP contribution in [0.5, 0.6) is 0 Å². The molecule has 2 heteroatoms. The number of hydrogen-bond acceptors (Lipinski definition) is 2. The Hall–Kier alpha value is -0.0800. The van der Waals surface area contributed by atoms with Gasteiger partial charge in [0.15, 0.2) is 0 Å². The van der Waals surface area contributed by atoms with Gasteiger partial charge in [-0.25, -0.2) is 0 Å². The van der Waals surface area contributed by atoms with Crippen LogP contribution in [0, 0.1) is 5.92 Å². The van der Waals surface area contributed by atoms with Gasteiger partial charge >= 0.3 is 0 Å². The van der Waals surface area contributed by atoms with Crippen LogP contribution in [-0.2, 0) is 0 Å². The Morgan fingerprint density at radius 3 is 2.27 bits per heavy atom. The van der Waals surface area contributed by atoms with Crippen molar-refractivity contribution in [1.29, 1.82) is 0 Å². The van der Waals surface area contributed by atoms with Gasteiger partial charge < -0.3 is 11.5 Å². The quantitative estimate of drug-likeness (QED) is 0.458. The van der Waals surface area contributed by atoms with Gasteiger partial charge in [0.1, 0.15) is 0 Å². The van der Waals surface area contributed by atoms with Crippen LogP contribution in [0.15, 0.2) is 0 Å². The van der Waals surface area contributed by atoms with Gasteiger partial charge in [-0.2, -0.15) is 0 Å². The second-order valence-corrected chi connectivity index (χ2v) is 3.50. The molecule has 4 N–H and O–H groups in total. The number of nitrogens with two attached hydrogens (primary N) is 2. The van der Waals surface area contributed by atoms with Crippen LogP contribution in [0.2, 0.25) is 0 Å². The summed E-state index contributed by atoms with van der Waals surface area (Å²) in [5, 5.41) is 0. The van der Waals surface area contributed by atoms with Crippen LogP contribution in [0.4, 0.5) is 0 Å². The molecule has 0 aliphatic heterocycles. The molecule has 0 spiro atoms. The molecule has 0 aliphatic rings. The predicted molar refractivity (Wildman–Crippen MR) is 50.1 cm³/mol. The van der Waals surface area contributed by atoms with Crippen molar-refractivity contribution in [2.75, 3.05) is 0 Å². The Kier molecular flexibility index (Phi) is 6.57. The van der Waals surface area contributed by atoms with Gasteiger partial charge in [-0.05, 0) is 12.3 Å². The summed E-state index contributed by atoms with van der Waals surface area (Å²) in [7, 11) is 0. The lowest BCUT2D eigenvalue weighted by Crippen LogP contribution is -2.32. The molecule has 0 aromatic carbocycles. The summed E-state index contributed by atoms with van der Waals surface area (Å²) in [6, 6.07) is 0. The van der Waals surface area contributed by atoms with E-state index in [1.165, 1.54) is 25.7 Å². The summed E-state index contributed by atoms with van der Waals surface area (Å²) in [6.45, 7) is 4.45. The largest absolute Gasteiger partial charge is 0.316 e. The molecule has 0 rings (SSSR count). The summed E-state index contributed by atoms with van der Waals surface area (Å²) in [6.07, 6.45) is 6.07. The molecule has 0 radical (unpaired) electrons. The van der Waals surface area contributed by atoms with Gasteiger partial charge in [0, 0.05) is 0 Å². The molecule has 11 heavy (non-hydrogen) atoms. The highest BCUT2D eigenvalue weighted by molar-refractivity contribution is 4.59. The van der Waals surface area contributed by atoms with Crippen LogP contribution in [0.1, 0.15) is 46.0 Å². The van der Waals surface area contributed by atoms with Gasteiger partial charge in [-0.3, -0.25) is 0 Å². The molecule has 0 saturated carbocycles. The monoisotopic (exact) mass is 158 g/mol. The molecular weight excluding hydrogens is 136 g/mol. The minimum absolute atomic E-state index is 0.119. The van der Waals surface area contributed by atoms with Crippen molar-refractivity contribution < 1.29 is 0 Å². The standard InChI is InChI=1S/C9H22N2/c1-3-4-5-6-8(2)7-9(10)11/h8-9H,3-7,10-11H2,1-2H3. The molecule has 68 valence electrons. The molecule has 1 unspecified atom stereocenters.